The second-order valence-electron chi connectivity index (χ2n) is 9.02. The number of alkyl carbamates (subject to hydrolysis) is 1. The lowest BCUT2D eigenvalue weighted by molar-refractivity contribution is -0.157. The van der Waals surface area contributed by atoms with Gasteiger partial charge in [-0.05, 0) is 44.4 Å². The number of carbonyl (C=O) groups excluding carboxylic acids is 2. The molecule has 172 valence electrons. The number of nitrogens with one attached hydrogen (secondary N) is 1. The fourth-order valence-electron chi connectivity index (χ4n) is 3.51. The van der Waals surface area contributed by atoms with Gasteiger partial charge < -0.3 is 14.8 Å². The van der Waals surface area contributed by atoms with Crippen LogP contribution < -0.4 is 5.32 Å². The van der Waals surface area contributed by atoms with Crippen molar-refractivity contribution in [2.75, 3.05) is 0 Å². The lowest BCUT2D eigenvalue weighted by Gasteiger charge is -2.30. The maximum atomic E-state index is 13.4. The Hall–Kier alpha value is -3.60. The zero-order chi connectivity index (χ0) is 23.8. The molecule has 0 saturated carbocycles. The Balaban J connectivity index is 1.93. The van der Waals surface area contributed by atoms with E-state index in [4.69, 9.17) is 9.47 Å². The van der Waals surface area contributed by atoms with Gasteiger partial charge >= 0.3 is 12.1 Å². The van der Waals surface area contributed by atoms with E-state index in [0.717, 1.165) is 22.3 Å². The number of benzene rings is 3. The number of hydrogen-bond donors (Lipinski definition) is 1. The third-order valence-corrected chi connectivity index (χ3v) is 5.08. The lowest BCUT2D eigenvalue weighted by Crippen LogP contribution is -2.38. The van der Waals surface area contributed by atoms with Crippen LogP contribution in [0.1, 0.15) is 55.0 Å². The third-order valence-electron chi connectivity index (χ3n) is 5.08. The molecular formula is C28H31NO4. The summed E-state index contributed by atoms with van der Waals surface area (Å²) >= 11 is 0. The molecule has 33 heavy (non-hydrogen) atoms. The van der Waals surface area contributed by atoms with Gasteiger partial charge in [0.25, 0.3) is 0 Å². The van der Waals surface area contributed by atoms with Crippen molar-refractivity contribution in [2.45, 2.75) is 51.9 Å². The number of hydrogen-bond acceptors (Lipinski definition) is 4. The zero-order valence-electron chi connectivity index (χ0n) is 19.6. The van der Waals surface area contributed by atoms with Crippen LogP contribution in [0.5, 0.6) is 0 Å². The Morgan fingerprint density at radius 2 is 1.39 bits per heavy atom. The van der Waals surface area contributed by atoms with Crippen molar-refractivity contribution in [3.8, 4) is 0 Å². The van der Waals surface area contributed by atoms with Gasteiger partial charge in [0, 0.05) is 0 Å². The molecule has 2 unspecified atom stereocenters. The number of aryl methyl sites for hydroxylation is 1. The Morgan fingerprint density at radius 3 is 1.97 bits per heavy atom. The SMILES string of the molecule is Cc1ccc(C(NC(=O)OCc2ccccc2)C(C(=O)OC(C)(C)C)c2ccccc2)cc1. The normalized spacial score (nSPS) is 13.0. The van der Waals surface area contributed by atoms with Gasteiger partial charge in [-0.3, -0.25) is 4.79 Å². The Kier molecular flexibility index (Phi) is 7.88. The molecule has 0 radical (unpaired) electrons. The van der Waals surface area contributed by atoms with Crippen LogP contribution in [-0.2, 0) is 20.9 Å². The van der Waals surface area contributed by atoms with Crippen LogP contribution in [0.25, 0.3) is 0 Å². The largest absolute Gasteiger partial charge is 0.459 e. The van der Waals surface area contributed by atoms with E-state index < -0.39 is 29.6 Å². The van der Waals surface area contributed by atoms with Crippen molar-refractivity contribution in [3.63, 3.8) is 0 Å². The molecule has 2 atom stereocenters. The Morgan fingerprint density at radius 1 is 0.818 bits per heavy atom. The van der Waals surface area contributed by atoms with E-state index in [9.17, 15) is 9.59 Å². The first-order valence-electron chi connectivity index (χ1n) is 11.0. The van der Waals surface area contributed by atoms with Gasteiger partial charge in [-0.25, -0.2) is 4.79 Å². The molecule has 0 aromatic heterocycles. The summed E-state index contributed by atoms with van der Waals surface area (Å²) in [6.07, 6.45) is -0.603. The molecule has 5 heteroatoms. The van der Waals surface area contributed by atoms with E-state index in [1.54, 1.807) is 0 Å². The highest BCUT2D eigenvalue weighted by Crippen LogP contribution is 2.34. The molecule has 5 nitrogen and oxygen atoms in total. The molecule has 0 aliphatic carbocycles. The standard InChI is InChI=1S/C28H31NO4/c1-20-15-17-23(18-16-20)25(29-27(31)32-19-21-11-7-5-8-12-21)24(22-13-9-6-10-14-22)26(30)33-28(2,3)4/h5-18,24-25H,19H2,1-4H3,(H,29,31). The van der Waals surface area contributed by atoms with E-state index in [1.165, 1.54) is 0 Å². The molecule has 0 spiro atoms. The second-order valence-corrected chi connectivity index (χ2v) is 9.02. The van der Waals surface area contributed by atoms with E-state index in [1.807, 2.05) is 113 Å². The van der Waals surface area contributed by atoms with Crippen LogP contribution in [-0.4, -0.2) is 17.7 Å². The minimum atomic E-state index is -0.752. The summed E-state index contributed by atoms with van der Waals surface area (Å²) in [6.45, 7) is 7.61. The fraction of sp³-hybridized carbons (Fsp3) is 0.286. The van der Waals surface area contributed by atoms with E-state index in [-0.39, 0.29) is 6.61 Å². The molecule has 0 heterocycles. The summed E-state index contributed by atoms with van der Waals surface area (Å²) in [6, 6.07) is 25.9. The van der Waals surface area contributed by atoms with Crippen LogP contribution in [0.3, 0.4) is 0 Å². The van der Waals surface area contributed by atoms with Gasteiger partial charge in [-0.1, -0.05) is 90.5 Å². The summed E-state index contributed by atoms with van der Waals surface area (Å²) < 4.78 is 11.2. The molecule has 3 aromatic rings. The van der Waals surface area contributed by atoms with Crippen LogP contribution in [0.4, 0.5) is 4.79 Å². The number of carbonyl (C=O) groups is 2. The number of esters is 1. The third kappa shape index (κ3) is 7.21. The molecule has 1 amide bonds. The van der Waals surface area contributed by atoms with E-state index >= 15 is 0 Å². The van der Waals surface area contributed by atoms with Crippen molar-refractivity contribution in [2.24, 2.45) is 0 Å². The van der Waals surface area contributed by atoms with Gasteiger partial charge in [0.15, 0.2) is 0 Å². The maximum absolute atomic E-state index is 13.4. The van der Waals surface area contributed by atoms with Gasteiger partial charge in [0.1, 0.15) is 18.1 Å². The summed E-state index contributed by atoms with van der Waals surface area (Å²) in [7, 11) is 0. The Bertz CT molecular complexity index is 1040. The second kappa shape index (κ2) is 10.8. The molecule has 0 aliphatic heterocycles. The molecule has 1 N–H and O–H groups in total. The van der Waals surface area contributed by atoms with E-state index in [2.05, 4.69) is 5.32 Å². The number of amides is 1. The number of rotatable bonds is 7. The molecule has 0 saturated heterocycles. The molecule has 0 fully saturated rings. The summed E-state index contributed by atoms with van der Waals surface area (Å²) in [5, 5.41) is 2.93. The first-order valence-corrected chi connectivity index (χ1v) is 11.0. The minimum Gasteiger partial charge on any atom is -0.459 e. The van der Waals surface area contributed by atoms with E-state index in [0.29, 0.717) is 0 Å². The zero-order valence-corrected chi connectivity index (χ0v) is 19.6. The first kappa shape index (κ1) is 24.1. The first-order chi connectivity index (χ1) is 15.7. The molecule has 0 bridgehead atoms. The average Bonchev–Trinajstić information content (AvgIpc) is 2.78. The van der Waals surface area contributed by atoms with Crippen molar-refractivity contribution in [3.05, 3.63) is 107 Å². The summed E-state index contributed by atoms with van der Waals surface area (Å²) in [4.78, 5) is 26.2. The topological polar surface area (TPSA) is 64.6 Å². The van der Waals surface area contributed by atoms with Crippen molar-refractivity contribution in [1.29, 1.82) is 0 Å². The highest BCUT2D eigenvalue weighted by Gasteiger charge is 2.36. The Labute approximate surface area is 195 Å². The highest BCUT2D eigenvalue weighted by molar-refractivity contribution is 5.81. The quantitative estimate of drug-likeness (QED) is 0.447. The van der Waals surface area contributed by atoms with Gasteiger partial charge in [0.2, 0.25) is 0 Å². The monoisotopic (exact) mass is 445 g/mol. The average molecular weight is 446 g/mol. The number of ether oxygens (including phenoxy) is 2. The lowest BCUT2D eigenvalue weighted by atomic mass is 9.86. The highest BCUT2D eigenvalue weighted by atomic mass is 16.6. The van der Waals surface area contributed by atoms with Crippen LogP contribution in [0.2, 0.25) is 0 Å². The van der Waals surface area contributed by atoms with Crippen LogP contribution >= 0.6 is 0 Å². The van der Waals surface area contributed by atoms with Gasteiger partial charge in [-0.15, -0.1) is 0 Å². The van der Waals surface area contributed by atoms with Crippen LogP contribution in [0, 0.1) is 6.92 Å². The van der Waals surface area contributed by atoms with Crippen molar-refractivity contribution < 1.29 is 19.1 Å². The maximum Gasteiger partial charge on any atom is 0.407 e. The summed E-state index contributed by atoms with van der Waals surface area (Å²) in [5.41, 5.74) is 2.83. The summed E-state index contributed by atoms with van der Waals surface area (Å²) in [5.74, 6) is -1.17. The predicted molar refractivity (Wildman–Crippen MR) is 129 cm³/mol. The van der Waals surface area contributed by atoms with Gasteiger partial charge in [-0.2, -0.15) is 0 Å². The fourth-order valence-corrected chi connectivity index (χ4v) is 3.51. The molecule has 3 aromatic carbocycles. The smallest absolute Gasteiger partial charge is 0.407 e. The molecule has 3 rings (SSSR count). The van der Waals surface area contributed by atoms with Gasteiger partial charge in [0.05, 0.1) is 6.04 Å². The van der Waals surface area contributed by atoms with Crippen molar-refractivity contribution in [1.82, 2.24) is 5.32 Å². The van der Waals surface area contributed by atoms with Crippen molar-refractivity contribution >= 4 is 12.1 Å². The molecular weight excluding hydrogens is 414 g/mol. The minimum absolute atomic E-state index is 0.135. The van der Waals surface area contributed by atoms with Crippen LogP contribution in [0.15, 0.2) is 84.9 Å². The molecule has 0 aliphatic rings. The predicted octanol–water partition coefficient (Wildman–Crippen LogP) is 6.09.